The fourth-order valence-electron chi connectivity index (χ4n) is 1.52. The van der Waals surface area contributed by atoms with Crippen molar-refractivity contribution in [3.8, 4) is 0 Å². The van der Waals surface area contributed by atoms with Crippen molar-refractivity contribution in [2.45, 2.75) is 0 Å². The Morgan fingerprint density at radius 1 is 1.38 bits per heavy atom. The SMILES string of the molecule is O=[N+]([O-])/C=C/c1ccc(N2CCOCC2)o1. The number of furan rings is 1. The highest BCUT2D eigenvalue weighted by molar-refractivity contribution is 5.47. The molecule has 2 heterocycles. The molecule has 16 heavy (non-hydrogen) atoms. The van der Waals surface area contributed by atoms with E-state index in [9.17, 15) is 10.1 Å². The Morgan fingerprint density at radius 2 is 2.12 bits per heavy atom. The van der Waals surface area contributed by atoms with Gasteiger partial charge in [-0.3, -0.25) is 10.1 Å². The highest BCUT2D eigenvalue weighted by Crippen LogP contribution is 2.20. The first-order valence-corrected chi connectivity index (χ1v) is 5.00. The van der Waals surface area contributed by atoms with Crippen molar-refractivity contribution in [1.29, 1.82) is 0 Å². The standard InChI is InChI=1S/C10H12N2O4/c13-12(14)4-3-9-1-2-10(16-9)11-5-7-15-8-6-11/h1-4H,5-8H2/b4-3+. The quantitative estimate of drug-likeness (QED) is 0.572. The van der Waals surface area contributed by atoms with Gasteiger partial charge in [0.25, 0.3) is 0 Å². The molecule has 2 rings (SSSR count). The zero-order valence-electron chi connectivity index (χ0n) is 8.67. The average Bonchev–Trinajstić information content (AvgIpc) is 2.76. The molecular formula is C10H12N2O4. The van der Waals surface area contributed by atoms with Crippen LogP contribution in [0.5, 0.6) is 0 Å². The van der Waals surface area contributed by atoms with Crippen molar-refractivity contribution in [3.63, 3.8) is 0 Å². The van der Waals surface area contributed by atoms with E-state index in [1.165, 1.54) is 6.08 Å². The highest BCUT2D eigenvalue weighted by Gasteiger charge is 2.13. The number of rotatable bonds is 3. The maximum Gasteiger partial charge on any atom is 0.238 e. The summed E-state index contributed by atoms with van der Waals surface area (Å²) in [6.07, 6.45) is 2.20. The summed E-state index contributed by atoms with van der Waals surface area (Å²) in [4.78, 5) is 11.7. The third kappa shape index (κ3) is 2.60. The van der Waals surface area contributed by atoms with Gasteiger partial charge in [0, 0.05) is 19.2 Å². The van der Waals surface area contributed by atoms with E-state index < -0.39 is 4.92 Å². The van der Waals surface area contributed by atoms with Crippen molar-refractivity contribution < 1.29 is 14.1 Å². The van der Waals surface area contributed by atoms with E-state index >= 15 is 0 Å². The van der Waals surface area contributed by atoms with Crippen LogP contribution in [-0.2, 0) is 4.74 Å². The normalized spacial score (nSPS) is 16.9. The van der Waals surface area contributed by atoms with E-state index in [2.05, 4.69) is 0 Å². The molecule has 0 atom stereocenters. The maximum absolute atomic E-state index is 10.1. The topological polar surface area (TPSA) is 68.8 Å². The second kappa shape index (κ2) is 4.80. The van der Waals surface area contributed by atoms with Gasteiger partial charge < -0.3 is 14.1 Å². The molecule has 0 aromatic carbocycles. The van der Waals surface area contributed by atoms with Crippen molar-refractivity contribution in [3.05, 3.63) is 34.2 Å². The molecule has 86 valence electrons. The molecule has 1 aromatic heterocycles. The van der Waals surface area contributed by atoms with Crippen LogP contribution in [0, 0.1) is 10.1 Å². The molecule has 6 nitrogen and oxygen atoms in total. The number of morpholine rings is 1. The fourth-order valence-corrected chi connectivity index (χ4v) is 1.52. The number of anilines is 1. The van der Waals surface area contributed by atoms with Gasteiger partial charge in [-0.1, -0.05) is 0 Å². The van der Waals surface area contributed by atoms with Crippen molar-refractivity contribution in [1.82, 2.24) is 0 Å². The van der Waals surface area contributed by atoms with Gasteiger partial charge in [0.2, 0.25) is 6.20 Å². The largest absolute Gasteiger partial charge is 0.441 e. The molecule has 0 amide bonds. The van der Waals surface area contributed by atoms with Crippen molar-refractivity contribution in [2.75, 3.05) is 31.2 Å². The molecule has 0 spiro atoms. The second-order valence-electron chi connectivity index (χ2n) is 3.38. The smallest absolute Gasteiger partial charge is 0.238 e. The predicted molar refractivity (Wildman–Crippen MR) is 57.8 cm³/mol. The van der Waals surface area contributed by atoms with Gasteiger partial charge in [-0.2, -0.15) is 0 Å². The molecule has 1 aromatic rings. The highest BCUT2D eigenvalue weighted by atomic mass is 16.6. The summed E-state index contributed by atoms with van der Waals surface area (Å²) in [5.41, 5.74) is 0. The monoisotopic (exact) mass is 224 g/mol. The Balaban J connectivity index is 2.03. The van der Waals surface area contributed by atoms with E-state index in [1.54, 1.807) is 6.07 Å². The number of nitrogens with zero attached hydrogens (tertiary/aromatic N) is 2. The summed E-state index contributed by atoms with van der Waals surface area (Å²) in [5.74, 6) is 1.21. The summed E-state index contributed by atoms with van der Waals surface area (Å²) >= 11 is 0. The van der Waals surface area contributed by atoms with Gasteiger partial charge in [-0.25, -0.2) is 0 Å². The lowest BCUT2D eigenvalue weighted by molar-refractivity contribution is -0.401. The first-order chi connectivity index (χ1) is 7.75. The molecule has 0 saturated carbocycles. The predicted octanol–water partition coefficient (Wildman–Crippen LogP) is 1.36. The molecule has 1 aliphatic heterocycles. The average molecular weight is 224 g/mol. The van der Waals surface area contributed by atoms with E-state index in [0.29, 0.717) is 19.0 Å². The van der Waals surface area contributed by atoms with Crippen LogP contribution < -0.4 is 4.90 Å². The Morgan fingerprint density at radius 3 is 2.81 bits per heavy atom. The third-order valence-electron chi connectivity index (χ3n) is 2.30. The number of ether oxygens (including phenoxy) is 1. The van der Waals surface area contributed by atoms with Crippen LogP contribution in [0.4, 0.5) is 5.88 Å². The lowest BCUT2D eigenvalue weighted by Gasteiger charge is -2.26. The maximum atomic E-state index is 10.1. The van der Waals surface area contributed by atoms with E-state index in [-0.39, 0.29) is 0 Å². The van der Waals surface area contributed by atoms with Gasteiger partial charge in [-0.15, -0.1) is 0 Å². The number of nitro groups is 1. The lowest BCUT2D eigenvalue weighted by atomic mass is 10.4. The molecule has 0 unspecified atom stereocenters. The molecule has 0 bridgehead atoms. The fraction of sp³-hybridized carbons (Fsp3) is 0.400. The van der Waals surface area contributed by atoms with E-state index in [4.69, 9.17) is 9.15 Å². The van der Waals surface area contributed by atoms with Crippen LogP contribution in [0.25, 0.3) is 6.08 Å². The third-order valence-corrected chi connectivity index (χ3v) is 2.30. The zero-order valence-corrected chi connectivity index (χ0v) is 8.67. The molecule has 1 aliphatic rings. The summed E-state index contributed by atoms with van der Waals surface area (Å²) in [6, 6.07) is 3.52. The first kappa shape index (κ1) is 10.7. The van der Waals surface area contributed by atoms with Crippen LogP contribution in [0.15, 0.2) is 22.7 Å². The van der Waals surface area contributed by atoms with Crippen LogP contribution >= 0.6 is 0 Å². The Labute approximate surface area is 92.2 Å². The number of hydrogen-bond acceptors (Lipinski definition) is 5. The molecule has 6 heteroatoms. The van der Waals surface area contributed by atoms with Gasteiger partial charge >= 0.3 is 0 Å². The van der Waals surface area contributed by atoms with E-state index in [1.807, 2.05) is 11.0 Å². The van der Waals surface area contributed by atoms with Gasteiger partial charge in [-0.05, 0) is 6.07 Å². The molecular weight excluding hydrogens is 212 g/mol. The minimum absolute atomic E-state index is 0.484. The second-order valence-corrected chi connectivity index (χ2v) is 3.38. The van der Waals surface area contributed by atoms with Crippen molar-refractivity contribution in [2.24, 2.45) is 0 Å². The van der Waals surface area contributed by atoms with Crippen LogP contribution in [0.1, 0.15) is 5.76 Å². The minimum Gasteiger partial charge on any atom is -0.441 e. The lowest BCUT2D eigenvalue weighted by Crippen LogP contribution is -2.35. The minimum atomic E-state index is -0.517. The molecule has 0 radical (unpaired) electrons. The Hall–Kier alpha value is -1.82. The van der Waals surface area contributed by atoms with Crippen LogP contribution in [0.3, 0.4) is 0 Å². The zero-order chi connectivity index (χ0) is 11.4. The number of hydrogen-bond donors (Lipinski definition) is 0. The Kier molecular flexibility index (Phi) is 3.21. The molecule has 1 fully saturated rings. The summed E-state index contributed by atoms with van der Waals surface area (Å²) < 4.78 is 10.7. The summed E-state index contributed by atoms with van der Waals surface area (Å²) in [7, 11) is 0. The Bertz CT molecular complexity index is 393. The van der Waals surface area contributed by atoms with E-state index in [0.717, 1.165) is 25.2 Å². The summed E-state index contributed by atoms with van der Waals surface area (Å²) in [5, 5.41) is 10.1. The first-order valence-electron chi connectivity index (χ1n) is 5.00. The van der Waals surface area contributed by atoms with Gasteiger partial charge in [0.15, 0.2) is 5.88 Å². The summed E-state index contributed by atoms with van der Waals surface area (Å²) in [6.45, 7) is 2.93. The van der Waals surface area contributed by atoms with Gasteiger partial charge in [0.1, 0.15) is 5.76 Å². The van der Waals surface area contributed by atoms with Crippen molar-refractivity contribution >= 4 is 12.0 Å². The molecule has 0 aliphatic carbocycles. The molecule has 0 N–H and O–H groups in total. The molecule has 1 saturated heterocycles. The van der Waals surface area contributed by atoms with Crippen LogP contribution in [-0.4, -0.2) is 31.2 Å². The van der Waals surface area contributed by atoms with Gasteiger partial charge in [0.05, 0.1) is 24.2 Å². The van der Waals surface area contributed by atoms with Crippen LogP contribution in [0.2, 0.25) is 0 Å².